The van der Waals surface area contributed by atoms with Crippen LogP contribution in [0.2, 0.25) is 0 Å². The van der Waals surface area contributed by atoms with Crippen molar-refractivity contribution in [1.29, 1.82) is 0 Å². The van der Waals surface area contributed by atoms with E-state index in [1.165, 1.54) is 4.90 Å². The van der Waals surface area contributed by atoms with Crippen LogP contribution in [0.1, 0.15) is 34.1 Å². The van der Waals surface area contributed by atoms with Crippen molar-refractivity contribution in [3.8, 4) is 0 Å². The lowest BCUT2D eigenvalue weighted by Gasteiger charge is -2.30. The number of hydrogen-bond acceptors (Lipinski definition) is 5. The van der Waals surface area contributed by atoms with Gasteiger partial charge in [-0.1, -0.05) is 0 Å². The van der Waals surface area contributed by atoms with Crippen LogP contribution in [0.3, 0.4) is 0 Å². The number of nitrogen functional groups attached to an aromatic ring is 1. The Morgan fingerprint density at radius 2 is 2.04 bits per heavy atom. The van der Waals surface area contributed by atoms with Gasteiger partial charge in [0.25, 0.3) is 0 Å². The minimum Gasteiger partial charge on any atom is -0.444 e. The van der Waals surface area contributed by atoms with Gasteiger partial charge in [-0.05, 0) is 46.2 Å². The summed E-state index contributed by atoms with van der Waals surface area (Å²) in [6, 6.07) is 2.82. The first-order valence-electron chi connectivity index (χ1n) is 7.71. The van der Waals surface area contributed by atoms with Gasteiger partial charge in [-0.3, -0.25) is 9.69 Å². The van der Waals surface area contributed by atoms with Crippen LogP contribution in [0.25, 0.3) is 0 Å². The SMILES string of the molecule is CC1C(=O)N(c2ccc(N)nc2)CCCN1C(=O)OC(C)(C)C. The zero-order valence-electron chi connectivity index (χ0n) is 14.1. The number of anilines is 2. The van der Waals surface area contributed by atoms with Gasteiger partial charge >= 0.3 is 6.09 Å². The van der Waals surface area contributed by atoms with Crippen molar-refractivity contribution in [2.75, 3.05) is 23.7 Å². The van der Waals surface area contributed by atoms with E-state index in [4.69, 9.17) is 10.5 Å². The van der Waals surface area contributed by atoms with Gasteiger partial charge in [-0.25, -0.2) is 9.78 Å². The largest absolute Gasteiger partial charge is 0.444 e. The number of carbonyl (C=O) groups is 2. The number of aromatic nitrogens is 1. The van der Waals surface area contributed by atoms with Crippen LogP contribution in [-0.2, 0) is 9.53 Å². The summed E-state index contributed by atoms with van der Waals surface area (Å²) in [5.41, 5.74) is 5.68. The zero-order valence-corrected chi connectivity index (χ0v) is 14.1. The molecule has 1 fully saturated rings. The Bertz CT molecular complexity index is 580. The number of amides is 2. The summed E-state index contributed by atoms with van der Waals surface area (Å²) in [7, 11) is 0. The molecule has 0 aromatic carbocycles. The topological polar surface area (TPSA) is 88.8 Å². The van der Waals surface area contributed by atoms with Crippen molar-refractivity contribution >= 4 is 23.5 Å². The quantitative estimate of drug-likeness (QED) is 0.855. The summed E-state index contributed by atoms with van der Waals surface area (Å²) in [6.45, 7) is 8.13. The molecule has 1 unspecified atom stereocenters. The number of carbonyl (C=O) groups excluding carboxylic acids is 2. The lowest BCUT2D eigenvalue weighted by molar-refractivity contribution is -0.122. The van der Waals surface area contributed by atoms with Crippen LogP contribution in [-0.4, -0.2) is 46.6 Å². The second-order valence-electron chi connectivity index (χ2n) is 6.63. The van der Waals surface area contributed by atoms with Gasteiger partial charge in [0.05, 0.1) is 11.9 Å². The molecule has 2 heterocycles. The second kappa shape index (κ2) is 6.44. The fraction of sp³-hybridized carbons (Fsp3) is 0.562. The van der Waals surface area contributed by atoms with E-state index in [0.717, 1.165) is 0 Å². The minimum absolute atomic E-state index is 0.153. The molecule has 1 aromatic rings. The first kappa shape index (κ1) is 17.1. The number of ether oxygens (including phenoxy) is 1. The Morgan fingerprint density at radius 1 is 1.35 bits per heavy atom. The molecule has 0 spiro atoms. The van der Waals surface area contributed by atoms with E-state index in [1.807, 2.05) is 20.8 Å². The van der Waals surface area contributed by atoms with E-state index >= 15 is 0 Å². The van der Waals surface area contributed by atoms with E-state index in [-0.39, 0.29) is 5.91 Å². The highest BCUT2D eigenvalue weighted by Gasteiger charge is 2.35. The molecule has 1 saturated heterocycles. The molecule has 0 radical (unpaired) electrons. The Kier molecular flexibility index (Phi) is 4.77. The van der Waals surface area contributed by atoms with E-state index < -0.39 is 17.7 Å². The maximum atomic E-state index is 12.7. The van der Waals surface area contributed by atoms with Crippen molar-refractivity contribution in [2.45, 2.75) is 45.8 Å². The van der Waals surface area contributed by atoms with Crippen molar-refractivity contribution in [3.05, 3.63) is 18.3 Å². The van der Waals surface area contributed by atoms with E-state index in [2.05, 4.69) is 4.98 Å². The van der Waals surface area contributed by atoms with Gasteiger partial charge in [0, 0.05) is 13.1 Å². The lowest BCUT2D eigenvalue weighted by atomic mass is 10.2. The van der Waals surface area contributed by atoms with Crippen LogP contribution in [0.15, 0.2) is 18.3 Å². The normalized spacial score (nSPS) is 19.5. The fourth-order valence-corrected chi connectivity index (χ4v) is 2.45. The smallest absolute Gasteiger partial charge is 0.410 e. The first-order valence-corrected chi connectivity index (χ1v) is 7.71. The average Bonchev–Trinajstić information content (AvgIpc) is 2.59. The molecule has 1 aliphatic heterocycles. The van der Waals surface area contributed by atoms with Gasteiger partial charge < -0.3 is 15.4 Å². The molecule has 0 bridgehead atoms. The van der Waals surface area contributed by atoms with Crippen molar-refractivity contribution in [3.63, 3.8) is 0 Å². The molecule has 1 atom stereocenters. The zero-order chi connectivity index (χ0) is 17.2. The molecule has 1 aromatic heterocycles. The van der Waals surface area contributed by atoms with Gasteiger partial charge in [-0.2, -0.15) is 0 Å². The predicted octanol–water partition coefficient (Wildman–Crippen LogP) is 2.03. The van der Waals surface area contributed by atoms with Crippen LogP contribution >= 0.6 is 0 Å². The lowest BCUT2D eigenvalue weighted by Crippen LogP contribution is -2.48. The van der Waals surface area contributed by atoms with E-state index in [9.17, 15) is 9.59 Å². The highest BCUT2D eigenvalue weighted by molar-refractivity contribution is 5.98. The molecule has 0 aliphatic carbocycles. The van der Waals surface area contributed by atoms with Crippen LogP contribution < -0.4 is 10.6 Å². The number of hydrogen-bond donors (Lipinski definition) is 1. The van der Waals surface area contributed by atoms with Gasteiger partial charge in [0.2, 0.25) is 5.91 Å². The molecular weight excluding hydrogens is 296 g/mol. The molecule has 0 saturated carbocycles. The Balaban J connectivity index is 2.17. The molecule has 2 rings (SSSR count). The maximum Gasteiger partial charge on any atom is 0.410 e. The van der Waals surface area contributed by atoms with Crippen molar-refractivity contribution < 1.29 is 14.3 Å². The summed E-state index contributed by atoms with van der Waals surface area (Å²) >= 11 is 0. The fourth-order valence-electron chi connectivity index (χ4n) is 2.45. The standard InChI is InChI=1S/C16H24N4O3/c1-11-14(21)20(12-6-7-13(17)18-10-12)9-5-8-19(11)15(22)23-16(2,3)4/h6-7,10-11H,5,8-9H2,1-4H3,(H2,17,18). The average molecular weight is 320 g/mol. The number of pyridine rings is 1. The molecule has 23 heavy (non-hydrogen) atoms. The van der Waals surface area contributed by atoms with Crippen molar-refractivity contribution in [1.82, 2.24) is 9.88 Å². The highest BCUT2D eigenvalue weighted by Crippen LogP contribution is 2.21. The highest BCUT2D eigenvalue weighted by atomic mass is 16.6. The Labute approximate surface area is 136 Å². The molecular formula is C16H24N4O3. The van der Waals surface area contributed by atoms with Crippen LogP contribution in [0, 0.1) is 0 Å². The van der Waals surface area contributed by atoms with Crippen molar-refractivity contribution in [2.24, 2.45) is 0 Å². The minimum atomic E-state index is -0.593. The predicted molar refractivity (Wildman–Crippen MR) is 88.0 cm³/mol. The van der Waals surface area contributed by atoms with E-state index in [1.54, 1.807) is 30.2 Å². The summed E-state index contributed by atoms with van der Waals surface area (Å²) < 4.78 is 5.40. The third-order valence-corrected chi connectivity index (χ3v) is 3.58. The summed E-state index contributed by atoms with van der Waals surface area (Å²) in [6.07, 6.45) is 1.78. The van der Waals surface area contributed by atoms with Crippen LogP contribution in [0.5, 0.6) is 0 Å². The Hall–Kier alpha value is -2.31. The summed E-state index contributed by atoms with van der Waals surface area (Å²) in [5.74, 6) is 0.249. The van der Waals surface area contributed by atoms with Gasteiger partial charge in [0.15, 0.2) is 0 Å². The molecule has 2 amide bonds. The first-order chi connectivity index (χ1) is 10.7. The van der Waals surface area contributed by atoms with Gasteiger partial charge in [0.1, 0.15) is 17.5 Å². The number of nitrogens with zero attached hydrogens (tertiary/aromatic N) is 3. The summed E-state index contributed by atoms with van der Waals surface area (Å²) in [5, 5.41) is 0. The van der Waals surface area contributed by atoms with Crippen LogP contribution in [0.4, 0.5) is 16.3 Å². The monoisotopic (exact) mass is 320 g/mol. The number of rotatable bonds is 1. The Morgan fingerprint density at radius 3 is 2.61 bits per heavy atom. The molecule has 1 aliphatic rings. The molecule has 7 heteroatoms. The number of nitrogens with two attached hydrogens (primary N) is 1. The third-order valence-electron chi connectivity index (χ3n) is 3.58. The third kappa shape index (κ3) is 4.12. The molecule has 126 valence electrons. The second-order valence-corrected chi connectivity index (χ2v) is 6.63. The molecule has 7 nitrogen and oxygen atoms in total. The molecule has 2 N–H and O–H groups in total. The maximum absolute atomic E-state index is 12.7. The summed E-state index contributed by atoms with van der Waals surface area (Å²) in [4.78, 5) is 32.2. The van der Waals surface area contributed by atoms with E-state index in [0.29, 0.717) is 31.0 Å². The van der Waals surface area contributed by atoms with Gasteiger partial charge in [-0.15, -0.1) is 0 Å².